The number of aliphatic hydroxyl groups is 2. The van der Waals surface area contributed by atoms with Gasteiger partial charge in [0.1, 0.15) is 12.2 Å². The molecule has 7 N–H and O–H groups in total. The Morgan fingerprint density at radius 2 is 2.00 bits per heavy atom. The molecule has 4 aromatic heterocycles. The van der Waals surface area contributed by atoms with Crippen molar-refractivity contribution in [1.29, 1.82) is 0 Å². The number of hydrogen-bond donors (Lipinski definition) is 6. The second-order valence-corrected chi connectivity index (χ2v) is 12.2. The Balaban J connectivity index is 1.23. The molecule has 2 aliphatic rings. The van der Waals surface area contributed by atoms with Gasteiger partial charge in [0.2, 0.25) is 5.95 Å². The molecule has 0 saturated carbocycles. The van der Waals surface area contributed by atoms with E-state index in [2.05, 4.69) is 29.9 Å². The Morgan fingerprint density at radius 1 is 1.24 bits per heavy atom. The smallest absolute Gasteiger partial charge is 0.326 e. The molecule has 41 heavy (non-hydrogen) atoms. The van der Waals surface area contributed by atoms with Crippen LogP contribution in [0.2, 0.25) is 0 Å². The van der Waals surface area contributed by atoms with Crippen molar-refractivity contribution in [2.45, 2.75) is 42.9 Å². The lowest BCUT2D eigenvalue weighted by Crippen LogP contribution is -2.37. The highest BCUT2D eigenvalue weighted by atomic mass is 32.5. The molecule has 0 amide bonds. The standard InChI is InChI=1S/C20H23FN9O9PS/c21-10-13(32)9(38-18(10)29-6-25-11-14(29)23-5-24-16(11)33)3-37-40(35,41)39-20(1-8(2-31)36-4-20)30-7-26-12-15(30)27-19(22)28-17(12)34/h5-10,13,18,31-32H,1-4H2,(H,35,41)(H,23,24,33)(H3,22,27,28,34)/t8-,9+,10-,13+,18+,20+,40?/m0/s1. The summed E-state index contributed by atoms with van der Waals surface area (Å²) in [5.41, 5.74) is 2.82. The van der Waals surface area contributed by atoms with Gasteiger partial charge in [-0.25, -0.2) is 19.3 Å². The molecular formula is C20H23FN9O9PS. The summed E-state index contributed by atoms with van der Waals surface area (Å²) in [6.07, 6.45) is -3.72. The summed E-state index contributed by atoms with van der Waals surface area (Å²) < 4.78 is 40.2. The number of ether oxygens (including phenoxy) is 2. The van der Waals surface area contributed by atoms with E-state index < -0.39 is 67.5 Å². The van der Waals surface area contributed by atoms with Crippen LogP contribution in [0.4, 0.5) is 10.3 Å². The summed E-state index contributed by atoms with van der Waals surface area (Å²) >= 11 is 5.23. The number of imidazole rings is 2. The normalized spacial score (nSPS) is 29.9. The van der Waals surface area contributed by atoms with E-state index >= 15 is 4.39 Å². The van der Waals surface area contributed by atoms with Crippen LogP contribution in [0.15, 0.2) is 28.6 Å². The van der Waals surface area contributed by atoms with Gasteiger partial charge >= 0.3 is 6.72 Å². The van der Waals surface area contributed by atoms with Crippen LogP contribution in [0.5, 0.6) is 0 Å². The number of aromatic amines is 2. The van der Waals surface area contributed by atoms with Crippen molar-refractivity contribution in [2.75, 3.05) is 25.6 Å². The number of fused-ring (bicyclic) bond motifs is 2. The predicted octanol–water partition coefficient (Wildman–Crippen LogP) is -1.88. The van der Waals surface area contributed by atoms with Crippen molar-refractivity contribution in [1.82, 2.24) is 39.0 Å². The first-order chi connectivity index (χ1) is 19.5. The van der Waals surface area contributed by atoms with Crippen molar-refractivity contribution < 1.29 is 38.0 Å². The summed E-state index contributed by atoms with van der Waals surface area (Å²) in [4.78, 5) is 56.0. The molecule has 6 rings (SSSR count). The molecule has 220 valence electrons. The third-order valence-corrected chi connectivity index (χ3v) is 8.37. The van der Waals surface area contributed by atoms with Crippen molar-refractivity contribution in [3.05, 3.63) is 39.7 Å². The fraction of sp³-hybridized carbons (Fsp3) is 0.500. The van der Waals surface area contributed by atoms with Gasteiger partial charge in [0, 0.05) is 6.42 Å². The average Bonchev–Trinajstić information content (AvgIpc) is 3.69. The largest absolute Gasteiger partial charge is 0.394 e. The fourth-order valence-electron chi connectivity index (χ4n) is 4.86. The second kappa shape index (κ2) is 10.3. The lowest BCUT2D eigenvalue weighted by atomic mass is 10.1. The summed E-state index contributed by atoms with van der Waals surface area (Å²) in [5, 5.41) is 20.2. The number of aromatic nitrogens is 8. The molecule has 2 fully saturated rings. The van der Waals surface area contributed by atoms with Crippen LogP contribution in [0.25, 0.3) is 22.3 Å². The Kier molecular flexibility index (Phi) is 6.99. The molecule has 4 aromatic rings. The van der Waals surface area contributed by atoms with E-state index in [4.69, 9.17) is 36.1 Å². The molecule has 7 atom stereocenters. The molecule has 2 aliphatic heterocycles. The van der Waals surface area contributed by atoms with Crippen LogP contribution in [0, 0.1) is 0 Å². The van der Waals surface area contributed by atoms with Gasteiger partial charge in [0.15, 0.2) is 40.5 Å². The Labute approximate surface area is 232 Å². The van der Waals surface area contributed by atoms with Gasteiger partial charge in [0.05, 0.1) is 44.9 Å². The van der Waals surface area contributed by atoms with Crippen molar-refractivity contribution in [3.63, 3.8) is 0 Å². The van der Waals surface area contributed by atoms with Gasteiger partial charge in [-0.1, -0.05) is 0 Å². The Hall–Kier alpha value is -3.20. The molecule has 0 aliphatic carbocycles. The lowest BCUT2D eigenvalue weighted by Gasteiger charge is -2.33. The number of H-pyrrole nitrogens is 2. The van der Waals surface area contributed by atoms with Crippen molar-refractivity contribution in [2.24, 2.45) is 0 Å². The zero-order chi connectivity index (χ0) is 29.1. The molecular weight excluding hydrogens is 592 g/mol. The summed E-state index contributed by atoms with van der Waals surface area (Å²) in [6.45, 7) is -5.47. The maximum atomic E-state index is 15.1. The van der Waals surface area contributed by atoms with Crippen LogP contribution in [-0.4, -0.2) is 98.4 Å². The predicted molar refractivity (Wildman–Crippen MR) is 138 cm³/mol. The van der Waals surface area contributed by atoms with E-state index in [1.165, 1.54) is 10.9 Å². The summed E-state index contributed by atoms with van der Waals surface area (Å²) in [6, 6.07) is 0. The van der Waals surface area contributed by atoms with Crippen LogP contribution in [0.1, 0.15) is 12.6 Å². The highest BCUT2D eigenvalue weighted by molar-refractivity contribution is 8.07. The number of nitrogen functional groups attached to an aromatic ring is 1. The minimum atomic E-state index is -4.22. The molecule has 6 heterocycles. The number of aliphatic hydroxyl groups excluding tert-OH is 2. The Morgan fingerprint density at radius 3 is 2.76 bits per heavy atom. The van der Waals surface area contributed by atoms with Gasteiger partial charge in [-0.2, -0.15) is 4.98 Å². The quantitative estimate of drug-likeness (QED) is 0.119. The fourth-order valence-corrected chi connectivity index (χ4v) is 6.49. The number of halogens is 1. The highest BCUT2D eigenvalue weighted by Crippen LogP contribution is 2.53. The van der Waals surface area contributed by atoms with Gasteiger partial charge in [0.25, 0.3) is 11.1 Å². The van der Waals surface area contributed by atoms with E-state index in [1.807, 2.05) is 0 Å². The molecule has 0 aromatic carbocycles. The van der Waals surface area contributed by atoms with E-state index in [9.17, 15) is 24.7 Å². The second-order valence-electron chi connectivity index (χ2n) is 9.42. The third kappa shape index (κ3) is 4.86. The minimum Gasteiger partial charge on any atom is -0.394 e. The van der Waals surface area contributed by atoms with Gasteiger partial charge in [-0.15, -0.1) is 0 Å². The molecule has 1 unspecified atom stereocenters. The number of alkyl halides is 1. The number of hydrogen-bond acceptors (Lipinski definition) is 14. The number of rotatable bonds is 8. The summed E-state index contributed by atoms with van der Waals surface area (Å²) in [7, 11) is 0. The van der Waals surface area contributed by atoms with Crippen LogP contribution < -0.4 is 16.9 Å². The lowest BCUT2D eigenvalue weighted by molar-refractivity contribution is -0.0589. The van der Waals surface area contributed by atoms with Gasteiger partial charge in [-0.3, -0.25) is 28.2 Å². The van der Waals surface area contributed by atoms with Crippen molar-refractivity contribution in [3.8, 4) is 0 Å². The number of nitrogens with two attached hydrogens (primary N) is 1. The minimum absolute atomic E-state index is 0.00102. The molecule has 18 nitrogen and oxygen atoms in total. The number of nitrogens with zero attached hydrogens (tertiary/aromatic N) is 6. The van der Waals surface area contributed by atoms with E-state index in [-0.39, 0.29) is 41.3 Å². The first kappa shape index (κ1) is 27.9. The maximum Gasteiger partial charge on any atom is 0.326 e. The Bertz CT molecular complexity index is 1780. The molecule has 0 spiro atoms. The average molecular weight is 615 g/mol. The third-order valence-electron chi connectivity index (χ3n) is 6.78. The van der Waals surface area contributed by atoms with E-state index in [0.29, 0.717) is 0 Å². The molecule has 0 bridgehead atoms. The summed E-state index contributed by atoms with van der Waals surface area (Å²) in [5.74, 6) is -0.204. The van der Waals surface area contributed by atoms with E-state index in [1.54, 1.807) is 0 Å². The van der Waals surface area contributed by atoms with Crippen LogP contribution >= 0.6 is 6.72 Å². The number of nitrogens with one attached hydrogen (secondary N) is 2. The molecule has 2 saturated heterocycles. The SMILES string of the molecule is Nc1nc2c(ncn2[C@]2(OP(O)(=S)OC[C@H]3O[C@@H](n4cnc5c(=O)[nH]cnc54)[C@@H](F)[C@@H]3O)CO[C@H](CO)C2)c(=O)[nH]1. The topological polar surface area (TPSA) is 251 Å². The molecule has 0 radical (unpaired) electrons. The monoisotopic (exact) mass is 615 g/mol. The van der Waals surface area contributed by atoms with Gasteiger partial charge < -0.3 is 39.8 Å². The number of anilines is 1. The molecule has 21 heteroatoms. The van der Waals surface area contributed by atoms with E-state index in [0.717, 1.165) is 17.2 Å². The van der Waals surface area contributed by atoms with Crippen LogP contribution in [-0.2, 0) is 36.1 Å². The zero-order valence-corrected chi connectivity index (χ0v) is 22.4. The zero-order valence-electron chi connectivity index (χ0n) is 20.7. The van der Waals surface area contributed by atoms with Gasteiger partial charge in [-0.05, 0) is 11.8 Å². The first-order valence-electron chi connectivity index (χ1n) is 12.0. The van der Waals surface area contributed by atoms with Crippen molar-refractivity contribution >= 4 is 46.8 Å². The van der Waals surface area contributed by atoms with Crippen LogP contribution in [0.3, 0.4) is 0 Å². The first-order valence-corrected chi connectivity index (χ1v) is 14.6. The highest BCUT2D eigenvalue weighted by Gasteiger charge is 2.50. The maximum absolute atomic E-state index is 15.1.